The molecular formula is C33H33N. The molecule has 3 aromatic carbocycles. The van der Waals surface area contributed by atoms with Crippen LogP contribution in [0.1, 0.15) is 91.0 Å². The fourth-order valence-electron chi connectivity index (χ4n) is 7.21. The number of benzene rings is 3. The Morgan fingerprint density at radius 2 is 1.44 bits per heavy atom. The van der Waals surface area contributed by atoms with Crippen LogP contribution in [-0.2, 0) is 6.42 Å². The van der Waals surface area contributed by atoms with Crippen molar-refractivity contribution in [1.82, 2.24) is 4.98 Å². The third-order valence-corrected chi connectivity index (χ3v) is 8.88. The molecule has 1 heteroatoms. The summed E-state index contributed by atoms with van der Waals surface area (Å²) in [7, 11) is 0. The molecule has 0 saturated heterocycles. The van der Waals surface area contributed by atoms with Gasteiger partial charge in [0.2, 0.25) is 0 Å². The summed E-state index contributed by atoms with van der Waals surface area (Å²) in [4.78, 5) is 5.09. The number of fused-ring (bicyclic) bond motifs is 4. The summed E-state index contributed by atoms with van der Waals surface area (Å²) in [6.07, 6.45) is 14.0. The molecule has 0 N–H and O–H groups in total. The van der Waals surface area contributed by atoms with E-state index in [1.807, 2.05) is 0 Å². The van der Waals surface area contributed by atoms with Crippen LogP contribution in [0.15, 0.2) is 60.8 Å². The van der Waals surface area contributed by atoms with Gasteiger partial charge < -0.3 is 0 Å². The van der Waals surface area contributed by atoms with Gasteiger partial charge in [-0.2, -0.15) is 0 Å². The fraction of sp³-hybridized carbons (Fsp3) is 0.364. The molecule has 7 rings (SSSR count). The van der Waals surface area contributed by atoms with E-state index < -0.39 is 0 Å². The second-order valence-corrected chi connectivity index (χ2v) is 11.0. The van der Waals surface area contributed by atoms with Gasteiger partial charge in [-0.25, -0.2) is 0 Å². The van der Waals surface area contributed by atoms with E-state index >= 15 is 0 Å². The Bertz CT molecular complexity index is 1400. The molecule has 2 saturated carbocycles. The average molecular weight is 444 g/mol. The molecular weight excluding hydrogens is 410 g/mol. The van der Waals surface area contributed by atoms with Crippen molar-refractivity contribution in [2.75, 3.05) is 0 Å². The van der Waals surface area contributed by atoms with Gasteiger partial charge in [-0.05, 0) is 113 Å². The number of nitrogens with zero attached hydrogens (tertiary/aromatic N) is 1. The molecule has 1 heterocycles. The van der Waals surface area contributed by atoms with Gasteiger partial charge in [0.15, 0.2) is 0 Å². The molecule has 0 unspecified atom stereocenters. The highest BCUT2D eigenvalue weighted by Gasteiger charge is 2.27. The Morgan fingerprint density at radius 3 is 2.26 bits per heavy atom. The predicted molar refractivity (Wildman–Crippen MR) is 143 cm³/mol. The minimum atomic E-state index is 0.714. The van der Waals surface area contributed by atoms with Crippen LogP contribution in [0.2, 0.25) is 0 Å². The van der Waals surface area contributed by atoms with Crippen LogP contribution in [0.5, 0.6) is 0 Å². The Morgan fingerprint density at radius 1 is 0.706 bits per heavy atom. The molecule has 0 radical (unpaired) electrons. The normalized spacial score (nSPS) is 18.0. The van der Waals surface area contributed by atoms with Crippen LogP contribution in [0, 0.1) is 6.92 Å². The van der Waals surface area contributed by atoms with E-state index in [1.165, 1.54) is 101 Å². The van der Waals surface area contributed by atoms with E-state index in [1.54, 1.807) is 11.1 Å². The molecule has 170 valence electrons. The van der Waals surface area contributed by atoms with Crippen molar-refractivity contribution in [2.45, 2.75) is 76.5 Å². The molecule has 0 spiro atoms. The number of aromatic nitrogens is 1. The lowest BCUT2D eigenvalue weighted by atomic mass is 9.85. The van der Waals surface area contributed by atoms with Crippen LogP contribution in [-0.4, -0.2) is 4.98 Å². The second kappa shape index (κ2) is 8.08. The zero-order chi connectivity index (χ0) is 22.6. The van der Waals surface area contributed by atoms with Crippen molar-refractivity contribution < 1.29 is 0 Å². The summed E-state index contributed by atoms with van der Waals surface area (Å²) in [6.45, 7) is 2.24. The quantitative estimate of drug-likeness (QED) is 0.271. The Kier molecular flexibility index (Phi) is 4.86. The molecule has 0 atom stereocenters. The van der Waals surface area contributed by atoms with Crippen molar-refractivity contribution in [3.05, 3.63) is 88.6 Å². The molecule has 0 amide bonds. The monoisotopic (exact) mass is 443 g/mol. The van der Waals surface area contributed by atoms with Crippen molar-refractivity contribution >= 4 is 10.8 Å². The lowest BCUT2D eigenvalue weighted by Gasteiger charge is -2.20. The maximum absolute atomic E-state index is 5.09. The van der Waals surface area contributed by atoms with E-state index in [-0.39, 0.29) is 0 Å². The molecule has 0 aliphatic heterocycles. The van der Waals surface area contributed by atoms with Gasteiger partial charge in [0.25, 0.3) is 0 Å². The van der Waals surface area contributed by atoms with Gasteiger partial charge in [-0.15, -0.1) is 0 Å². The van der Waals surface area contributed by atoms with Crippen LogP contribution in [0.25, 0.3) is 33.2 Å². The topological polar surface area (TPSA) is 12.9 Å². The van der Waals surface area contributed by atoms with E-state index in [4.69, 9.17) is 4.98 Å². The Balaban J connectivity index is 1.48. The first-order valence-corrected chi connectivity index (χ1v) is 13.4. The molecule has 4 aromatic rings. The van der Waals surface area contributed by atoms with Gasteiger partial charge >= 0.3 is 0 Å². The van der Waals surface area contributed by atoms with Crippen LogP contribution >= 0.6 is 0 Å². The Labute approximate surface area is 203 Å². The minimum Gasteiger partial charge on any atom is -0.256 e. The molecule has 0 bridgehead atoms. The van der Waals surface area contributed by atoms with Crippen molar-refractivity contribution in [3.63, 3.8) is 0 Å². The summed E-state index contributed by atoms with van der Waals surface area (Å²) >= 11 is 0. The maximum Gasteiger partial charge on any atom is 0.0783 e. The summed E-state index contributed by atoms with van der Waals surface area (Å²) < 4.78 is 0. The summed E-state index contributed by atoms with van der Waals surface area (Å²) in [5, 5.41) is 2.84. The standard InChI is InChI=1S/C33H33N/c1-21-16-29-26-13-7-6-12-24(26)18-30(29)31(17-21)33-32-20-25(22-8-2-3-9-22)19-28(23-10-4-5-11-23)27(32)14-15-34-33/h6-7,12-17,19-20,22-23H,2-5,8-11,18H2,1H3. The van der Waals surface area contributed by atoms with Gasteiger partial charge in [0.05, 0.1) is 5.69 Å². The van der Waals surface area contributed by atoms with Crippen LogP contribution < -0.4 is 0 Å². The summed E-state index contributed by atoms with van der Waals surface area (Å²) in [6, 6.07) is 21.1. The molecule has 2 fully saturated rings. The largest absolute Gasteiger partial charge is 0.256 e. The molecule has 1 aromatic heterocycles. The zero-order valence-electron chi connectivity index (χ0n) is 20.2. The first-order valence-electron chi connectivity index (χ1n) is 13.4. The predicted octanol–water partition coefficient (Wildman–Crippen LogP) is 9.10. The number of rotatable bonds is 3. The van der Waals surface area contributed by atoms with E-state index in [9.17, 15) is 0 Å². The third kappa shape index (κ3) is 3.24. The summed E-state index contributed by atoms with van der Waals surface area (Å²) in [5.74, 6) is 1.44. The minimum absolute atomic E-state index is 0.714. The lowest BCUT2D eigenvalue weighted by molar-refractivity contribution is 0.705. The van der Waals surface area contributed by atoms with Crippen LogP contribution in [0.4, 0.5) is 0 Å². The van der Waals surface area contributed by atoms with E-state index in [0.717, 1.165) is 12.3 Å². The summed E-state index contributed by atoms with van der Waals surface area (Å²) in [5.41, 5.74) is 12.8. The van der Waals surface area contributed by atoms with E-state index in [0.29, 0.717) is 5.92 Å². The lowest BCUT2D eigenvalue weighted by Crippen LogP contribution is -2.01. The van der Waals surface area contributed by atoms with Gasteiger partial charge in [-0.1, -0.05) is 62.1 Å². The smallest absolute Gasteiger partial charge is 0.0783 e. The molecule has 3 aliphatic rings. The number of aryl methyl sites for hydroxylation is 1. The average Bonchev–Trinajstić information content (AvgIpc) is 3.64. The van der Waals surface area contributed by atoms with Crippen molar-refractivity contribution in [1.29, 1.82) is 0 Å². The maximum atomic E-state index is 5.09. The number of hydrogen-bond donors (Lipinski definition) is 0. The van der Waals surface area contributed by atoms with Gasteiger partial charge in [-0.3, -0.25) is 4.98 Å². The van der Waals surface area contributed by atoms with Crippen molar-refractivity contribution in [2.24, 2.45) is 0 Å². The Hall–Kier alpha value is -2.93. The highest BCUT2D eigenvalue weighted by atomic mass is 14.7. The molecule has 3 aliphatic carbocycles. The molecule has 1 nitrogen and oxygen atoms in total. The van der Waals surface area contributed by atoms with Gasteiger partial charge in [0, 0.05) is 17.1 Å². The zero-order valence-corrected chi connectivity index (χ0v) is 20.2. The number of hydrogen-bond acceptors (Lipinski definition) is 1. The van der Waals surface area contributed by atoms with Gasteiger partial charge in [0.1, 0.15) is 0 Å². The van der Waals surface area contributed by atoms with E-state index in [2.05, 4.69) is 67.7 Å². The molecule has 34 heavy (non-hydrogen) atoms. The number of pyridine rings is 1. The first kappa shape index (κ1) is 20.4. The first-order chi connectivity index (χ1) is 16.8. The SMILES string of the molecule is Cc1cc2c(c(-c3nccc4c(C5CCCC5)cc(C5CCCC5)cc34)c1)Cc1ccccc1-2. The highest BCUT2D eigenvalue weighted by Crippen LogP contribution is 2.46. The van der Waals surface area contributed by atoms with Crippen LogP contribution in [0.3, 0.4) is 0 Å². The highest BCUT2D eigenvalue weighted by molar-refractivity contribution is 5.99. The fourth-order valence-corrected chi connectivity index (χ4v) is 7.21. The third-order valence-electron chi connectivity index (χ3n) is 8.88. The second-order valence-electron chi connectivity index (χ2n) is 11.0. The van der Waals surface area contributed by atoms with Crippen molar-refractivity contribution in [3.8, 4) is 22.4 Å².